The van der Waals surface area contributed by atoms with Crippen molar-refractivity contribution < 1.29 is 9.90 Å². The van der Waals surface area contributed by atoms with E-state index in [2.05, 4.69) is 9.97 Å². The van der Waals surface area contributed by atoms with Gasteiger partial charge in [0.15, 0.2) is 0 Å². The van der Waals surface area contributed by atoms with Crippen molar-refractivity contribution in [1.29, 1.82) is 0 Å². The summed E-state index contributed by atoms with van der Waals surface area (Å²) in [6.45, 7) is 3.77. The maximum Gasteiger partial charge on any atom is 0.337 e. The van der Waals surface area contributed by atoms with E-state index in [-0.39, 0.29) is 5.56 Å². The summed E-state index contributed by atoms with van der Waals surface area (Å²) in [6, 6.07) is 1.88. The molecule has 2 heterocycles. The highest BCUT2D eigenvalue weighted by atomic mass is 16.4. The van der Waals surface area contributed by atoms with Gasteiger partial charge in [-0.1, -0.05) is 0 Å². The maximum atomic E-state index is 10.9. The molecule has 0 saturated carbocycles. The molecule has 14 heavy (non-hydrogen) atoms. The molecule has 4 heteroatoms. The van der Waals surface area contributed by atoms with Crippen LogP contribution >= 0.6 is 0 Å². The van der Waals surface area contributed by atoms with Crippen molar-refractivity contribution in [3.05, 3.63) is 29.1 Å². The van der Waals surface area contributed by atoms with Gasteiger partial charge < -0.3 is 10.1 Å². The third-order valence-corrected chi connectivity index (χ3v) is 2.20. The topological polar surface area (TPSA) is 66.0 Å². The lowest BCUT2D eigenvalue weighted by Gasteiger charge is -1.99. The molecule has 72 valence electrons. The number of aromatic nitrogens is 2. The van der Waals surface area contributed by atoms with Gasteiger partial charge in [0.2, 0.25) is 0 Å². The Morgan fingerprint density at radius 2 is 2.21 bits per heavy atom. The van der Waals surface area contributed by atoms with E-state index in [1.165, 1.54) is 6.20 Å². The normalized spacial score (nSPS) is 10.7. The van der Waals surface area contributed by atoms with Crippen LogP contribution in [0.15, 0.2) is 12.3 Å². The zero-order valence-electron chi connectivity index (χ0n) is 7.96. The predicted octanol–water partition coefficient (Wildman–Crippen LogP) is 1.88. The first-order valence-corrected chi connectivity index (χ1v) is 4.28. The molecule has 0 radical (unpaired) electrons. The van der Waals surface area contributed by atoms with Crippen LogP contribution in [0.2, 0.25) is 0 Å². The molecule has 0 atom stereocenters. The van der Waals surface area contributed by atoms with Gasteiger partial charge in [-0.05, 0) is 25.5 Å². The number of H-pyrrole nitrogens is 1. The number of aromatic amines is 1. The summed E-state index contributed by atoms with van der Waals surface area (Å²) in [7, 11) is 0. The number of rotatable bonds is 1. The van der Waals surface area contributed by atoms with E-state index >= 15 is 0 Å². The summed E-state index contributed by atoms with van der Waals surface area (Å²) < 4.78 is 0. The lowest BCUT2D eigenvalue weighted by Crippen LogP contribution is -1.95. The first-order chi connectivity index (χ1) is 6.59. The molecule has 0 spiro atoms. The van der Waals surface area contributed by atoms with Gasteiger partial charge in [0.25, 0.3) is 0 Å². The van der Waals surface area contributed by atoms with Gasteiger partial charge in [0.1, 0.15) is 5.65 Å². The maximum absolute atomic E-state index is 10.9. The Balaban J connectivity index is 2.85. The van der Waals surface area contributed by atoms with Crippen LogP contribution in [0, 0.1) is 13.8 Å². The molecule has 0 fully saturated rings. The number of nitrogens with one attached hydrogen (secondary N) is 1. The van der Waals surface area contributed by atoms with Crippen molar-refractivity contribution in [2.75, 3.05) is 0 Å². The van der Waals surface area contributed by atoms with Gasteiger partial charge >= 0.3 is 5.97 Å². The van der Waals surface area contributed by atoms with E-state index in [1.54, 1.807) is 0 Å². The van der Waals surface area contributed by atoms with Gasteiger partial charge in [-0.25, -0.2) is 9.78 Å². The quantitative estimate of drug-likeness (QED) is 0.721. The number of carboxylic acid groups (broad SMARTS) is 1. The zero-order valence-corrected chi connectivity index (χ0v) is 7.96. The van der Waals surface area contributed by atoms with Crippen molar-refractivity contribution in [2.24, 2.45) is 0 Å². The number of nitrogens with zero attached hydrogens (tertiary/aromatic N) is 1. The Hall–Kier alpha value is -1.84. The minimum Gasteiger partial charge on any atom is -0.478 e. The van der Waals surface area contributed by atoms with Crippen molar-refractivity contribution in [3.63, 3.8) is 0 Å². The Labute approximate surface area is 80.6 Å². The van der Waals surface area contributed by atoms with Crippen LogP contribution in [0.5, 0.6) is 0 Å². The van der Waals surface area contributed by atoms with Crippen LogP contribution in [-0.2, 0) is 0 Å². The molecule has 4 nitrogen and oxygen atoms in total. The summed E-state index contributed by atoms with van der Waals surface area (Å²) >= 11 is 0. The minimum absolute atomic E-state index is 0.282. The SMILES string of the molecule is Cc1cc(C)c2c(C(=O)O)c[nH]c2n1. The summed E-state index contributed by atoms with van der Waals surface area (Å²) in [5.74, 6) is -0.926. The number of pyridine rings is 1. The molecule has 0 amide bonds. The number of carboxylic acids is 1. The third-order valence-electron chi connectivity index (χ3n) is 2.20. The standard InChI is InChI=1S/C10H10N2O2/c1-5-3-6(2)12-9-8(5)7(4-11-9)10(13)14/h3-4H,1-2H3,(H,11,12)(H,13,14). The average Bonchev–Trinajstić information content (AvgIpc) is 2.47. The first kappa shape index (κ1) is 8.74. The number of aromatic carboxylic acids is 1. The highest BCUT2D eigenvalue weighted by Crippen LogP contribution is 2.21. The van der Waals surface area contributed by atoms with Crippen LogP contribution in [0.3, 0.4) is 0 Å². The van der Waals surface area contributed by atoms with Crippen molar-refractivity contribution >= 4 is 17.0 Å². The van der Waals surface area contributed by atoms with Gasteiger partial charge in [-0.15, -0.1) is 0 Å². The van der Waals surface area contributed by atoms with Crippen LogP contribution in [0.25, 0.3) is 11.0 Å². The van der Waals surface area contributed by atoms with Crippen LogP contribution in [0.1, 0.15) is 21.6 Å². The summed E-state index contributed by atoms with van der Waals surface area (Å²) in [5, 5.41) is 9.62. The number of fused-ring (bicyclic) bond motifs is 1. The van der Waals surface area contributed by atoms with E-state index in [0.29, 0.717) is 11.0 Å². The first-order valence-electron chi connectivity index (χ1n) is 4.28. The highest BCUT2D eigenvalue weighted by molar-refractivity contribution is 6.03. The van der Waals surface area contributed by atoms with E-state index in [0.717, 1.165) is 11.3 Å². The van der Waals surface area contributed by atoms with Gasteiger partial charge in [0, 0.05) is 17.3 Å². The van der Waals surface area contributed by atoms with E-state index in [9.17, 15) is 4.79 Å². The molecule has 0 aliphatic heterocycles. The van der Waals surface area contributed by atoms with Crippen LogP contribution in [0.4, 0.5) is 0 Å². The monoisotopic (exact) mass is 190 g/mol. The molecule has 0 unspecified atom stereocenters. The zero-order chi connectivity index (χ0) is 10.3. The second-order valence-corrected chi connectivity index (χ2v) is 3.31. The van der Waals surface area contributed by atoms with Crippen LogP contribution < -0.4 is 0 Å². The van der Waals surface area contributed by atoms with E-state index < -0.39 is 5.97 Å². The minimum atomic E-state index is -0.926. The summed E-state index contributed by atoms with van der Waals surface area (Å²) in [6.07, 6.45) is 1.48. The second kappa shape index (κ2) is 2.83. The lowest BCUT2D eigenvalue weighted by molar-refractivity contribution is 0.0699. The average molecular weight is 190 g/mol. The third kappa shape index (κ3) is 1.16. The highest BCUT2D eigenvalue weighted by Gasteiger charge is 2.13. The molecule has 2 aromatic rings. The Morgan fingerprint density at radius 3 is 2.86 bits per heavy atom. The Bertz CT molecular complexity index is 514. The fourth-order valence-electron chi connectivity index (χ4n) is 1.66. The molecule has 0 saturated heterocycles. The summed E-state index contributed by atoms with van der Waals surface area (Å²) in [5.41, 5.74) is 2.74. The predicted molar refractivity (Wildman–Crippen MR) is 52.5 cm³/mol. The smallest absolute Gasteiger partial charge is 0.337 e. The lowest BCUT2D eigenvalue weighted by atomic mass is 10.1. The largest absolute Gasteiger partial charge is 0.478 e. The fourth-order valence-corrected chi connectivity index (χ4v) is 1.66. The Morgan fingerprint density at radius 1 is 1.50 bits per heavy atom. The number of hydrogen-bond donors (Lipinski definition) is 2. The van der Waals surface area contributed by atoms with Crippen molar-refractivity contribution in [3.8, 4) is 0 Å². The van der Waals surface area contributed by atoms with E-state index in [4.69, 9.17) is 5.11 Å². The number of hydrogen-bond acceptors (Lipinski definition) is 2. The molecular weight excluding hydrogens is 180 g/mol. The number of carbonyl (C=O) groups is 1. The molecule has 2 N–H and O–H groups in total. The second-order valence-electron chi connectivity index (χ2n) is 3.31. The van der Waals surface area contributed by atoms with Crippen molar-refractivity contribution in [2.45, 2.75) is 13.8 Å². The molecule has 2 aromatic heterocycles. The molecule has 0 aliphatic carbocycles. The van der Waals surface area contributed by atoms with Gasteiger partial charge in [0.05, 0.1) is 5.56 Å². The van der Waals surface area contributed by atoms with Crippen molar-refractivity contribution in [1.82, 2.24) is 9.97 Å². The molecular formula is C10H10N2O2. The van der Waals surface area contributed by atoms with Gasteiger partial charge in [-0.2, -0.15) is 0 Å². The molecule has 2 rings (SSSR count). The van der Waals surface area contributed by atoms with Crippen LogP contribution in [-0.4, -0.2) is 21.0 Å². The van der Waals surface area contributed by atoms with E-state index in [1.807, 2.05) is 19.9 Å². The molecule has 0 aromatic carbocycles. The Kier molecular flexibility index (Phi) is 1.77. The summed E-state index contributed by atoms with van der Waals surface area (Å²) in [4.78, 5) is 17.9. The fraction of sp³-hybridized carbons (Fsp3) is 0.200. The number of aryl methyl sites for hydroxylation is 2. The van der Waals surface area contributed by atoms with Gasteiger partial charge in [-0.3, -0.25) is 0 Å². The molecule has 0 bridgehead atoms. The molecule has 0 aliphatic rings.